The number of nitrogens with one attached hydrogen (secondary N) is 2. The number of quaternary nitrogens is 1. The van der Waals surface area contributed by atoms with Crippen LogP contribution in [-0.4, -0.2) is 37.7 Å². The van der Waals surface area contributed by atoms with Crippen LogP contribution in [0.3, 0.4) is 0 Å². The lowest BCUT2D eigenvalue weighted by Crippen LogP contribution is -3.16. The highest BCUT2D eigenvalue weighted by Crippen LogP contribution is 2.11. The van der Waals surface area contributed by atoms with E-state index in [2.05, 4.69) is 5.32 Å². The van der Waals surface area contributed by atoms with Gasteiger partial charge in [0, 0.05) is 0 Å². The lowest BCUT2D eigenvalue weighted by Gasteiger charge is -2.31. The highest BCUT2D eigenvalue weighted by Gasteiger charge is 2.27. The van der Waals surface area contributed by atoms with Crippen molar-refractivity contribution < 1.29 is 18.8 Å². The minimum Gasteiger partial charge on any atom is -0.364 e. The third-order valence-corrected chi connectivity index (χ3v) is 3.18. The molecule has 0 radical (unpaired) electrons. The standard InChI is InChI=1S/C14H19FN2O2/c1-10-7-17(8-11(2)19-10)9-14(18)16-13-6-4-3-5-12(13)15/h3-6,10-11H,7-9H2,1-2H3,(H,16,18)/p+1/t10-,11+. The molecule has 1 aliphatic heterocycles. The summed E-state index contributed by atoms with van der Waals surface area (Å²) in [7, 11) is 0. The molecule has 104 valence electrons. The number of rotatable bonds is 3. The van der Waals surface area contributed by atoms with E-state index in [1.54, 1.807) is 18.2 Å². The number of benzene rings is 1. The monoisotopic (exact) mass is 267 g/mol. The molecular weight excluding hydrogens is 247 g/mol. The van der Waals surface area contributed by atoms with Crippen LogP contribution in [-0.2, 0) is 9.53 Å². The van der Waals surface area contributed by atoms with E-state index < -0.39 is 5.82 Å². The highest BCUT2D eigenvalue weighted by molar-refractivity contribution is 5.91. The normalized spacial score (nSPS) is 27.0. The zero-order valence-electron chi connectivity index (χ0n) is 11.3. The van der Waals surface area contributed by atoms with Crippen molar-refractivity contribution in [1.82, 2.24) is 0 Å². The Morgan fingerprint density at radius 1 is 1.37 bits per heavy atom. The summed E-state index contributed by atoms with van der Waals surface area (Å²) in [5.74, 6) is -0.573. The number of para-hydroxylation sites is 1. The van der Waals surface area contributed by atoms with Gasteiger partial charge in [-0.05, 0) is 26.0 Å². The van der Waals surface area contributed by atoms with Gasteiger partial charge < -0.3 is 15.0 Å². The quantitative estimate of drug-likeness (QED) is 0.835. The number of hydrogen-bond acceptors (Lipinski definition) is 2. The fourth-order valence-corrected chi connectivity index (χ4v) is 2.52. The lowest BCUT2D eigenvalue weighted by atomic mass is 10.2. The summed E-state index contributed by atoms with van der Waals surface area (Å²) in [5.41, 5.74) is 0.237. The zero-order chi connectivity index (χ0) is 13.8. The van der Waals surface area contributed by atoms with E-state index in [9.17, 15) is 9.18 Å². The molecule has 0 aromatic heterocycles. The van der Waals surface area contributed by atoms with E-state index in [1.807, 2.05) is 13.8 Å². The van der Waals surface area contributed by atoms with Gasteiger partial charge in [-0.25, -0.2) is 4.39 Å². The van der Waals surface area contributed by atoms with E-state index in [1.165, 1.54) is 11.0 Å². The number of carbonyl (C=O) groups is 1. The van der Waals surface area contributed by atoms with E-state index in [4.69, 9.17) is 4.74 Å². The number of ether oxygens (including phenoxy) is 1. The molecule has 1 heterocycles. The minimum absolute atomic E-state index is 0.153. The first kappa shape index (κ1) is 14.0. The maximum atomic E-state index is 13.4. The molecule has 0 aliphatic carbocycles. The molecule has 5 heteroatoms. The summed E-state index contributed by atoms with van der Waals surface area (Å²) < 4.78 is 19.0. The molecule has 4 nitrogen and oxygen atoms in total. The SMILES string of the molecule is C[C@@H]1C[NH+](CC(=O)Nc2ccccc2F)C[C@H](C)O1. The summed E-state index contributed by atoms with van der Waals surface area (Å²) in [6, 6.07) is 6.19. The molecule has 2 N–H and O–H groups in total. The number of carbonyl (C=O) groups excluding carboxylic acids is 1. The fourth-order valence-electron chi connectivity index (χ4n) is 2.52. The van der Waals surface area contributed by atoms with Gasteiger partial charge in [-0.15, -0.1) is 0 Å². The third kappa shape index (κ3) is 4.01. The van der Waals surface area contributed by atoms with Gasteiger partial charge in [0.05, 0.1) is 5.69 Å². The Balaban J connectivity index is 1.89. The van der Waals surface area contributed by atoms with Crippen LogP contribution in [0.4, 0.5) is 10.1 Å². The van der Waals surface area contributed by atoms with Crippen LogP contribution in [0.1, 0.15) is 13.8 Å². The van der Waals surface area contributed by atoms with Crippen molar-refractivity contribution in [2.45, 2.75) is 26.1 Å². The van der Waals surface area contributed by atoms with Crippen LogP contribution >= 0.6 is 0 Å². The molecule has 0 saturated carbocycles. The van der Waals surface area contributed by atoms with Crippen molar-refractivity contribution in [3.05, 3.63) is 30.1 Å². The second kappa shape index (κ2) is 6.12. The Morgan fingerprint density at radius 3 is 2.63 bits per heavy atom. The molecule has 1 amide bonds. The van der Waals surface area contributed by atoms with Crippen molar-refractivity contribution in [3.8, 4) is 0 Å². The van der Waals surface area contributed by atoms with Gasteiger partial charge in [-0.1, -0.05) is 12.1 Å². The van der Waals surface area contributed by atoms with Crippen molar-refractivity contribution in [2.75, 3.05) is 25.0 Å². The number of amides is 1. The van der Waals surface area contributed by atoms with E-state index >= 15 is 0 Å². The molecule has 3 atom stereocenters. The van der Waals surface area contributed by atoms with Crippen LogP contribution in [0, 0.1) is 5.82 Å². The third-order valence-electron chi connectivity index (χ3n) is 3.18. The van der Waals surface area contributed by atoms with Crippen LogP contribution < -0.4 is 10.2 Å². The number of hydrogen-bond donors (Lipinski definition) is 2. The minimum atomic E-state index is -0.408. The molecule has 1 saturated heterocycles. The van der Waals surface area contributed by atoms with Gasteiger partial charge in [-0.3, -0.25) is 4.79 Å². The second-order valence-electron chi connectivity index (χ2n) is 5.12. The van der Waals surface area contributed by atoms with E-state index in [-0.39, 0.29) is 23.8 Å². The highest BCUT2D eigenvalue weighted by atomic mass is 19.1. The van der Waals surface area contributed by atoms with Crippen molar-refractivity contribution in [3.63, 3.8) is 0 Å². The zero-order valence-corrected chi connectivity index (χ0v) is 11.3. The summed E-state index contributed by atoms with van der Waals surface area (Å²) in [6.45, 7) is 5.95. The molecule has 1 aromatic carbocycles. The first-order valence-electron chi connectivity index (χ1n) is 6.58. The topological polar surface area (TPSA) is 42.8 Å². The van der Waals surface area contributed by atoms with Crippen molar-refractivity contribution >= 4 is 11.6 Å². The van der Waals surface area contributed by atoms with E-state index in [0.717, 1.165) is 13.1 Å². The van der Waals surface area contributed by atoms with Gasteiger partial charge in [0.2, 0.25) is 0 Å². The summed E-state index contributed by atoms with van der Waals surface area (Å²) >= 11 is 0. The molecule has 1 aliphatic rings. The Kier molecular flexibility index (Phi) is 4.50. The smallest absolute Gasteiger partial charge is 0.279 e. The maximum Gasteiger partial charge on any atom is 0.279 e. The Labute approximate surface area is 112 Å². The molecule has 0 spiro atoms. The van der Waals surface area contributed by atoms with E-state index in [0.29, 0.717) is 6.54 Å². The van der Waals surface area contributed by atoms with Crippen LogP contribution in [0.25, 0.3) is 0 Å². The molecule has 1 fully saturated rings. The molecule has 2 rings (SSSR count). The van der Waals surface area contributed by atoms with Gasteiger partial charge in [0.15, 0.2) is 6.54 Å². The summed E-state index contributed by atoms with van der Waals surface area (Å²) in [5, 5.41) is 2.61. The van der Waals surface area contributed by atoms with Crippen molar-refractivity contribution in [1.29, 1.82) is 0 Å². The average Bonchev–Trinajstić information content (AvgIpc) is 2.30. The largest absolute Gasteiger partial charge is 0.364 e. The number of halogens is 1. The Hall–Kier alpha value is -1.46. The second-order valence-corrected chi connectivity index (χ2v) is 5.12. The number of anilines is 1. The van der Waals surface area contributed by atoms with Gasteiger partial charge in [-0.2, -0.15) is 0 Å². The lowest BCUT2D eigenvalue weighted by molar-refractivity contribution is -0.907. The average molecular weight is 267 g/mol. The molecule has 0 bridgehead atoms. The fraction of sp³-hybridized carbons (Fsp3) is 0.500. The Morgan fingerprint density at radius 2 is 2.00 bits per heavy atom. The van der Waals surface area contributed by atoms with Gasteiger partial charge >= 0.3 is 0 Å². The number of morpholine rings is 1. The first-order chi connectivity index (χ1) is 9.04. The summed E-state index contributed by atoms with van der Waals surface area (Å²) in [6.07, 6.45) is 0.306. The van der Waals surface area contributed by atoms with Crippen LogP contribution in [0.2, 0.25) is 0 Å². The van der Waals surface area contributed by atoms with Crippen LogP contribution in [0.15, 0.2) is 24.3 Å². The van der Waals surface area contributed by atoms with Crippen LogP contribution in [0.5, 0.6) is 0 Å². The first-order valence-corrected chi connectivity index (χ1v) is 6.58. The van der Waals surface area contributed by atoms with Gasteiger partial charge in [0.1, 0.15) is 31.1 Å². The molecule has 19 heavy (non-hydrogen) atoms. The summed E-state index contributed by atoms with van der Waals surface area (Å²) in [4.78, 5) is 13.1. The maximum absolute atomic E-state index is 13.4. The Bertz CT molecular complexity index is 443. The molecular formula is C14H20FN2O2+. The predicted molar refractivity (Wildman–Crippen MR) is 70.6 cm³/mol. The molecule has 1 unspecified atom stereocenters. The molecule has 1 aromatic rings. The van der Waals surface area contributed by atoms with Crippen molar-refractivity contribution in [2.24, 2.45) is 0 Å². The van der Waals surface area contributed by atoms with Gasteiger partial charge in [0.25, 0.3) is 5.91 Å². The predicted octanol–water partition coefficient (Wildman–Crippen LogP) is 0.456.